The van der Waals surface area contributed by atoms with E-state index in [4.69, 9.17) is 9.47 Å². The first-order valence-electron chi connectivity index (χ1n) is 8.28. The molecule has 3 aliphatic rings. The average molecular weight is 338 g/mol. The van der Waals surface area contributed by atoms with Crippen molar-refractivity contribution in [3.05, 3.63) is 24.4 Å². The van der Waals surface area contributed by atoms with E-state index in [-0.39, 0.29) is 17.0 Å². The smallest absolute Gasteiger partial charge is 0.217 e. The molecule has 0 bridgehead atoms. The van der Waals surface area contributed by atoms with E-state index in [0.717, 1.165) is 32.1 Å². The van der Waals surface area contributed by atoms with Crippen LogP contribution in [0.4, 0.5) is 0 Å². The van der Waals surface area contributed by atoms with Crippen molar-refractivity contribution in [1.82, 2.24) is 9.29 Å². The number of hydrogen-bond donors (Lipinski definition) is 0. The summed E-state index contributed by atoms with van der Waals surface area (Å²) in [4.78, 5) is 4.18. The Balaban J connectivity index is 1.43. The molecule has 0 amide bonds. The van der Waals surface area contributed by atoms with E-state index in [1.165, 1.54) is 0 Å². The zero-order valence-electron chi connectivity index (χ0n) is 13.1. The summed E-state index contributed by atoms with van der Waals surface area (Å²) in [5.74, 6) is 0.594. The van der Waals surface area contributed by atoms with Crippen molar-refractivity contribution in [2.75, 3.05) is 19.7 Å². The van der Waals surface area contributed by atoms with Crippen LogP contribution in [0.1, 0.15) is 32.1 Å². The molecule has 0 N–H and O–H groups in total. The van der Waals surface area contributed by atoms with Crippen LogP contribution in [0.5, 0.6) is 5.88 Å². The second-order valence-corrected chi connectivity index (χ2v) is 9.00. The van der Waals surface area contributed by atoms with Gasteiger partial charge in [-0.1, -0.05) is 6.07 Å². The van der Waals surface area contributed by atoms with Crippen LogP contribution in [0.2, 0.25) is 0 Å². The van der Waals surface area contributed by atoms with Gasteiger partial charge in [-0.25, -0.2) is 13.4 Å². The molecular weight excluding hydrogens is 316 g/mol. The number of piperidine rings is 1. The molecule has 126 valence electrons. The van der Waals surface area contributed by atoms with Crippen LogP contribution >= 0.6 is 0 Å². The SMILES string of the molecule is O=S(=O)(C1CC1)N1CCC[C@]2(C[C@H](Oc3ccccn3)CO2)C1. The first-order valence-corrected chi connectivity index (χ1v) is 9.78. The summed E-state index contributed by atoms with van der Waals surface area (Å²) in [6.45, 7) is 1.58. The van der Waals surface area contributed by atoms with Gasteiger partial charge in [0, 0.05) is 31.8 Å². The number of aromatic nitrogens is 1. The van der Waals surface area contributed by atoms with Crippen LogP contribution in [0.25, 0.3) is 0 Å². The third-order valence-corrected chi connectivity index (χ3v) is 7.26. The average Bonchev–Trinajstić information content (AvgIpc) is 3.34. The van der Waals surface area contributed by atoms with Crippen molar-refractivity contribution in [1.29, 1.82) is 0 Å². The van der Waals surface area contributed by atoms with E-state index >= 15 is 0 Å². The van der Waals surface area contributed by atoms with Crippen LogP contribution < -0.4 is 4.74 Å². The number of nitrogens with zero attached hydrogens (tertiary/aromatic N) is 2. The fourth-order valence-electron chi connectivity index (χ4n) is 3.60. The van der Waals surface area contributed by atoms with Crippen molar-refractivity contribution >= 4 is 10.0 Å². The summed E-state index contributed by atoms with van der Waals surface area (Å²) in [6.07, 6.45) is 5.71. The fraction of sp³-hybridized carbons (Fsp3) is 0.688. The van der Waals surface area contributed by atoms with Gasteiger partial charge in [-0.2, -0.15) is 4.31 Å². The molecule has 2 aliphatic heterocycles. The first kappa shape index (κ1) is 15.4. The van der Waals surface area contributed by atoms with Gasteiger partial charge < -0.3 is 9.47 Å². The molecule has 23 heavy (non-hydrogen) atoms. The molecule has 3 fully saturated rings. The van der Waals surface area contributed by atoms with Crippen LogP contribution in [0, 0.1) is 0 Å². The zero-order valence-corrected chi connectivity index (χ0v) is 13.9. The van der Waals surface area contributed by atoms with Gasteiger partial charge in [0.1, 0.15) is 6.10 Å². The van der Waals surface area contributed by atoms with Crippen LogP contribution in [0.15, 0.2) is 24.4 Å². The predicted octanol–water partition coefficient (Wildman–Crippen LogP) is 1.58. The third kappa shape index (κ3) is 3.09. The summed E-state index contributed by atoms with van der Waals surface area (Å²) in [5.41, 5.74) is -0.389. The largest absolute Gasteiger partial charge is 0.472 e. The maximum atomic E-state index is 12.5. The lowest BCUT2D eigenvalue weighted by atomic mass is 9.90. The Morgan fingerprint density at radius 1 is 1.35 bits per heavy atom. The maximum absolute atomic E-state index is 12.5. The molecule has 4 rings (SSSR count). The predicted molar refractivity (Wildman–Crippen MR) is 84.7 cm³/mol. The monoisotopic (exact) mass is 338 g/mol. The highest BCUT2D eigenvalue weighted by molar-refractivity contribution is 7.90. The molecule has 6 nitrogen and oxygen atoms in total. The minimum Gasteiger partial charge on any atom is -0.472 e. The van der Waals surface area contributed by atoms with Crippen LogP contribution in [0.3, 0.4) is 0 Å². The minimum absolute atomic E-state index is 0.0616. The highest BCUT2D eigenvalue weighted by Gasteiger charge is 2.49. The van der Waals surface area contributed by atoms with Gasteiger partial charge in [0.05, 0.1) is 17.5 Å². The fourth-order valence-corrected chi connectivity index (χ4v) is 5.55. The zero-order chi connectivity index (χ0) is 15.9. The molecule has 1 aliphatic carbocycles. The second kappa shape index (κ2) is 5.72. The normalized spacial score (nSPS) is 32.3. The molecule has 3 heterocycles. The summed E-state index contributed by atoms with van der Waals surface area (Å²) < 4.78 is 38.5. The Bertz CT molecular complexity index is 662. The van der Waals surface area contributed by atoms with E-state index in [1.807, 2.05) is 18.2 Å². The topological polar surface area (TPSA) is 68.7 Å². The van der Waals surface area contributed by atoms with Gasteiger partial charge in [-0.05, 0) is 31.7 Å². The van der Waals surface area contributed by atoms with Crippen molar-refractivity contribution in [2.24, 2.45) is 0 Å². The first-order chi connectivity index (χ1) is 11.1. The molecule has 0 radical (unpaired) electrons. The highest BCUT2D eigenvalue weighted by Crippen LogP contribution is 2.39. The van der Waals surface area contributed by atoms with Crippen molar-refractivity contribution in [3.63, 3.8) is 0 Å². The Morgan fingerprint density at radius 3 is 2.96 bits per heavy atom. The minimum atomic E-state index is -3.13. The molecule has 0 unspecified atom stereocenters. The number of ether oxygens (including phenoxy) is 2. The lowest BCUT2D eigenvalue weighted by Crippen LogP contribution is -2.51. The third-order valence-electron chi connectivity index (χ3n) is 4.91. The number of hydrogen-bond acceptors (Lipinski definition) is 5. The summed E-state index contributed by atoms with van der Waals surface area (Å²) in [5, 5.41) is -0.153. The Morgan fingerprint density at radius 2 is 2.22 bits per heavy atom. The van der Waals surface area contributed by atoms with E-state index in [0.29, 0.717) is 25.6 Å². The van der Waals surface area contributed by atoms with Gasteiger partial charge >= 0.3 is 0 Å². The van der Waals surface area contributed by atoms with Crippen molar-refractivity contribution in [2.45, 2.75) is 49.1 Å². The standard InChI is InChI=1S/C16H22N2O4S/c19-23(20,14-5-6-14)18-9-3-7-16(12-18)10-13(11-21-16)22-15-4-1-2-8-17-15/h1-2,4,8,13-14H,3,5-7,9-12H2/t13-,16-/m0/s1. The van der Waals surface area contributed by atoms with Crippen molar-refractivity contribution < 1.29 is 17.9 Å². The summed E-state index contributed by atoms with van der Waals surface area (Å²) >= 11 is 0. The summed E-state index contributed by atoms with van der Waals surface area (Å²) in [7, 11) is -3.13. The molecule has 1 aromatic rings. The molecule has 1 aromatic heterocycles. The van der Waals surface area contributed by atoms with Gasteiger partial charge in [-0.15, -0.1) is 0 Å². The van der Waals surface area contributed by atoms with Gasteiger partial charge in [0.15, 0.2) is 0 Å². The Hall–Kier alpha value is -1.18. The molecule has 0 aromatic carbocycles. The Kier molecular flexibility index (Phi) is 3.82. The Labute approximate surface area is 136 Å². The van der Waals surface area contributed by atoms with Gasteiger partial charge in [0.2, 0.25) is 15.9 Å². The van der Waals surface area contributed by atoms with Crippen molar-refractivity contribution in [3.8, 4) is 5.88 Å². The van der Waals surface area contributed by atoms with E-state index < -0.39 is 10.0 Å². The summed E-state index contributed by atoms with van der Waals surface area (Å²) in [6, 6.07) is 5.56. The lowest BCUT2D eigenvalue weighted by molar-refractivity contribution is -0.0339. The molecule has 1 saturated carbocycles. The van der Waals surface area contributed by atoms with E-state index in [2.05, 4.69) is 4.98 Å². The molecule has 2 saturated heterocycles. The number of sulfonamides is 1. The number of pyridine rings is 1. The second-order valence-electron chi connectivity index (χ2n) is 6.79. The maximum Gasteiger partial charge on any atom is 0.217 e. The molecule has 2 atom stereocenters. The van der Waals surface area contributed by atoms with E-state index in [9.17, 15) is 8.42 Å². The van der Waals surface area contributed by atoms with Gasteiger partial charge in [-0.3, -0.25) is 0 Å². The van der Waals surface area contributed by atoms with E-state index in [1.54, 1.807) is 10.5 Å². The quantitative estimate of drug-likeness (QED) is 0.834. The molecular formula is C16H22N2O4S. The number of rotatable bonds is 4. The lowest BCUT2D eigenvalue weighted by Gasteiger charge is -2.38. The van der Waals surface area contributed by atoms with Crippen LogP contribution in [-0.2, 0) is 14.8 Å². The molecule has 7 heteroatoms. The van der Waals surface area contributed by atoms with Crippen LogP contribution in [-0.4, -0.2) is 54.4 Å². The van der Waals surface area contributed by atoms with Gasteiger partial charge in [0.25, 0.3) is 0 Å². The highest BCUT2D eigenvalue weighted by atomic mass is 32.2. The molecule has 1 spiro atoms.